The number of benzene rings is 2. The number of carbonyl (C=O) groups excluding carboxylic acids is 1. The number of thiazole rings is 1. The van der Waals surface area contributed by atoms with E-state index in [9.17, 15) is 4.79 Å². The van der Waals surface area contributed by atoms with Crippen LogP contribution in [-0.2, 0) is 16.8 Å². The van der Waals surface area contributed by atoms with E-state index in [0.29, 0.717) is 18.1 Å². The van der Waals surface area contributed by atoms with Crippen LogP contribution in [0.3, 0.4) is 0 Å². The van der Waals surface area contributed by atoms with Crippen LogP contribution >= 0.6 is 11.3 Å². The van der Waals surface area contributed by atoms with Gasteiger partial charge < -0.3 is 18.6 Å². The molecule has 1 fully saturated rings. The van der Waals surface area contributed by atoms with E-state index in [1.807, 2.05) is 43.0 Å². The van der Waals surface area contributed by atoms with Gasteiger partial charge in [-0.1, -0.05) is 26.8 Å². The van der Waals surface area contributed by atoms with Crippen LogP contribution in [0.4, 0.5) is 0 Å². The maximum absolute atomic E-state index is 13.3. The number of aromatic nitrogens is 6. The topological polar surface area (TPSA) is 115 Å². The van der Waals surface area contributed by atoms with E-state index in [-0.39, 0.29) is 11.3 Å². The number of nitrogens with zero attached hydrogens (tertiary/aromatic N) is 6. The highest BCUT2D eigenvalue weighted by Gasteiger charge is 2.35. The Balaban J connectivity index is 1.19. The molecule has 232 valence electrons. The van der Waals surface area contributed by atoms with Crippen LogP contribution in [0.25, 0.3) is 44.0 Å². The smallest absolute Gasteiger partial charge is 0.266 e. The van der Waals surface area contributed by atoms with Gasteiger partial charge in [-0.2, -0.15) is 0 Å². The number of tetrazole rings is 1. The molecule has 0 radical (unpaired) electrons. The van der Waals surface area contributed by atoms with Crippen molar-refractivity contribution in [2.45, 2.75) is 71.4 Å². The quantitative estimate of drug-likeness (QED) is 0.200. The van der Waals surface area contributed by atoms with Crippen molar-refractivity contribution in [1.82, 2.24) is 35.1 Å². The summed E-state index contributed by atoms with van der Waals surface area (Å²) < 4.78 is 14.7. The van der Waals surface area contributed by atoms with Crippen molar-refractivity contribution in [3.63, 3.8) is 0 Å². The number of carbonyl (C=O) groups is 1. The van der Waals surface area contributed by atoms with Gasteiger partial charge in [0.15, 0.2) is 22.2 Å². The van der Waals surface area contributed by atoms with Crippen LogP contribution in [0, 0.1) is 0 Å². The lowest BCUT2D eigenvalue weighted by Gasteiger charge is -2.34. The second-order valence-electron chi connectivity index (χ2n) is 13.3. The van der Waals surface area contributed by atoms with E-state index in [4.69, 9.17) is 14.1 Å². The number of likely N-dealkylation sites (tertiary alicyclic amines) is 1. The van der Waals surface area contributed by atoms with E-state index >= 15 is 0 Å². The predicted molar refractivity (Wildman–Crippen MR) is 175 cm³/mol. The number of H-pyrrole nitrogens is 1. The van der Waals surface area contributed by atoms with Gasteiger partial charge >= 0.3 is 0 Å². The molecule has 1 aliphatic heterocycles. The summed E-state index contributed by atoms with van der Waals surface area (Å²) >= 11 is 1.61. The lowest BCUT2D eigenvalue weighted by molar-refractivity contribution is -0.146. The van der Waals surface area contributed by atoms with Crippen LogP contribution in [0.15, 0.2) is 58.5 Å². The summed E-state index contributed by atoms with van der Waals surface area (Å²) in [6, 6.07) is 14.3. The van der Waals surface area contributed by atoms with Crippen LogP contribution < -0.4 is 4.74 Å². The summed E-state index contributed by atoms with van der Waals surface area (Å²) in [6.45, 7) is 12.4. The van der Waals surface area contributed by atoms with Gasteiger partial charge in [0.05, 0.1) is 5.69 Å². The standard InChI is InChI=1S/C34H37N7O3S/c1-33(2,3)29-20-45-31(35-29)28-16-22-15-21(9-12-27(22)43-28)18-41-19-25(30-36-38-39-37-30)24-17-23(10-11-26(24)41)44-34(4,5)32(42)40-13-7-6-8-14-40/h9-12,15-17,19-20H,6-8,13-14,18H2,1-5H3,(H,36,37,38,39). The lowest BCUT2D eigenvalue weighted by atomic mass is 9.93. The van der Waals surface area contributed by atoms with Crippen molar-refractivity contribution in [3.8, 4) is 27.9 Å². The van der Waals surface area contributed by atoms with Crippen molar-refractivity contribution in [1.29, 1.82) is 0 Å². The Hall–Kier alpha value is -4.51. The van der Waals surface area contributed by atoms with E-state index in [1.54, 1.807) is 11.3 Å². The first kappa shape index (κ1) is 29.2. The number of piperidine rings is 1. The monoisotopic (exact) mass is 623 g/mol. The third-order valence-electron chi connectivity index (χ3n) is 8.40. The van der Waals surface area contributed by atoms with Crippen molar-refractivity contribution in [3.05, 3.63) is 65.3 Å². The molecule has 1 N–H and O–H groups in total. The Labute approximate surface area is 265 Å². The maximum atomic E-state index is 13.3. The average Bonchev–Trinajstić information content (AvgIpc) is 3.82. The maximum Gasteiger partial charge on any atom is 0.266 e. The summed E-state index contributed by atoms with van der Waals surface area (Å²) in [5.41, 5.74) is 3.86. The number of hydrogen-bond acceptors (Lipinski definition) is 8. The fourth-order valence-electron chi connectivity index (χ4n) is 5.97. The van der Waals surface area contributed by atoms with Gasteiger partial charge in [-0.25, -0.2) is 10.1 Å². The molecule has 0 atom stereocenters. The molecule has 1 amide bonds. The predicted octanol–water partition coefficient (Wildman–Crippen LogP) is 7.21. The molecular weight excluding hydrogens is 586 g/mol. The van der Waals surface area contributed by atoms with Crippen LogP contribution in [0.1, 0.15) is 65.1 Å². The number of furan rings is 1. The molecule has 5 heterocycles. The Bertz CT molecular complexity index is 1990. The number of rotatable bonds is 7. The summed E-state index contributed by atoms with van der Waals surface area (Å²) in [7, 11) is 0. The molecule has 45 heavy (non-hydrogen) atoms. The van der Waals surface area contributed by atoms with Gasteiger partial charge in [0, 0.05) is 58.5 Å². The van der Waals surface area contributed by atoms with Gasteiger partial charge in [-0.3, -0.25) is 4.79 Å². The zero-order valence-electron chi connectivity index (χ0n) is 26.3. The molecule has 0 aliphatic carbocycles. The second-order valence-corrected chi connectivity index (χ2v) is 14.2. The van der Waals surface area contributed by atoms with Gasteiger partial charge in [-0.05, 0) is 85.5 Å². The van der Waals surface area contributed by atoms with Gasteiger partial charge in [0.2, 0.25) is 0 Å². The fraction of sp³-hybridized carbons (Fsp3) is 0.382. The summed E-state index contributed by atoms with van der Waals surface area (Å²) in [6.07, 6.45) is 5.29. The molecule has 2 aromatic carbocycles. The van der Waals surface area contributed by atoms with Crippen LogP contribution in [-0.4, -0.2) is 59.7 Å². The first-order chi connectivity index (χ1) is 21.5. The highest BCUT2D eigenvalue weighted by Crippen LogP contribution is 2.36. The molecule has 0 unspecified atom stereocenters. The minimum atomic E-state index is -0.993. The number of hydrogen-bond donors (Lipinski definition) is 1. The number of amides is 1. The van der Waals surface area contributed by atoms with Gasteiger partial charge in [0.25, 0.3) is 5.91 Å². The van der Waals surface area contributed by atoms with E-state index < -0.39 is 5.60 Å². The first-order valence-electron chi connectivity index (χ1n) is 15.4. The molecular formula is C34H37N7O3S. The lowest BCUT2D eigenvalue weighted by Crippen LogP contribution is -2.50. The van der Waals surface area contributed by atoms with Crippen LogP contribution in [0.5, 0.6) is 5.75 Å². The summed E-state index contributed by atoms with van der Waals surface area (Å²) in [5, 5.41) is 19.7. The van der Waals surface area contributed by atoms with Crippen molar-refractivity contribution in [2.24, 2.45) is 0 Å². The molecule has 0 bridgehead atoms. The molecule has 6 aromatic rings. The molecule has 1 saturated heterocycles. The number of ether oxygens (including phenoxy) is 1. The third-order valence-corrected chi connectivity index (χ3v) is 9.26. The molecule has 10 nitrogen and oxygen atoms in total. The van der Waals surface area contributed by atoms with Gasteiger partial charge in [0.1, 0.15) is 11.3 Å². The van der Waals surface area contributed by atoms with Crippen molar-refractivity contribution in [2.75, 3.05) is 13.1 Å². The molecule has 0 saturated carbocycles. The van der Waals surface area contributed by atoms with E-state index in [2.05, 4.69) is 75.7 Å². The summed E-state index contributed by atoms with van der Waals surface area (Å²) in [4.78, 5) is 20.1. The minimum Gasteiger partial charge on any atom is -0.478 e. The number of fused-ring (bicyclic) bond motifs is 2. The molecule has 4 aromatic heterocycles. The second kappa shape index (κ2) is 11.1. The largest absolute Gasteiger partial charge is 0.478 e. The normalized spacial score (nSPS) is 14.5. The highest BCUT2D eigenvalue weighted by molar-refractivity contribution is 7.13. The molecule has 0 spiro atoms. The minimum absolute atomic E-state index is 0.0122. The first-order valence-corrected chi connectivity index (χ1v) is 16.3. The van der Waals surface area contributed by atoms with E-state index in [0.717, 1.165) is 75.4 Å². The fourth-order valence-corrected chi connectivity index (χ4v) is 6.97. The number of aromatic amines is 1. The molecule has 1 aliphatic rings. The molecule has 11 heteroatoms. The zero-order chi connectivity index (χ0) is 31.3. The average molecular weight is 624 g/mol. The summed E-state index contributed by atoms with van der Waals surface area (Å²) in [5.74, 6) is 1.98. The number of nitrogens with one attached hydrogen (secondary N) is 1. The molecule has 7 rings (SSSR count). The Kier molecular flexibility index (Phi) is 7.23. The highest BCUT2D eigenvalue weighted by atomic mass is 32.1. The Morgan fingerprint density at radius 3 is 2.60 bits per heavy atom. The van der Waals surface area contributed by atoms with Gasteiger partial charge in [-0.15, -0.1) is 16.4 Å². The Morgan fingerprint density at radius 2 is 1.87 bits per heavy atom. The van der Waals surface area contributed by atoms with Crippen molar-refractivity contribution < 1.29 is 13.9 Å². The Morgan fingerprint density at radius 1 is 1.04 bits per heavy atom. The SMILES string of the molecule is CC(C)(Oc1ccc2c(c1)c(-c1nnn[nH]1)cn2Cc1ccc2oc(-c3nc(C(C)(C)C)cs3)cc2c1)C(=O)N1CCCCC1. The zero-order valence-corrected chi connectivity index (χ0v) is 27.1. The van der Waals surface area contributed by atoms with Crippen molar-refractivity contribution >= 4 is 39.1 Å². The third kappa shape index (κ3) is 5.72. The van der Waals surface area contributed by atoms with Crippen LogP contribution in [0.2, 0.25) is 0 Å². The van der Waals surface area contributed by atoms with E-state index in [1.165, 1.54) is 6.42 Å².